The van der Waals surface area contributed by atoms with Gasteiger partial charge >= 0.3 is 11.9 Å². The van der Waals surface area contributed by atoms with Gasteiger partial charge in [0.05, 0.1) is 43.5 Å². The minimum absolute atomic E-state index is 0.00709. The summed E-state index contributed by atoms with van der Waals surface area (Å²) >= 11 is 0. The number of esters is 2. The van der Waals surface area contributed by atoms with Crippen LogP contribution in [0.5, 0.6) is 0 Å². The van der Waals surface area contributed by atoms with Crippen LogP contribution in [0.4, 0.5) is 0 Å². The number of hydrogen-bond donors (Lipinski definition) is 3. The summed E-state index contributed by atoms with van der Waals surface area (Å²) in [5, 5.41) is 35.0. The second-order valence-electron chi connectivity index (χ2n) is 18.0. The SMILES string of the molecule is CC[C@@H]1/C=C(\C)C[C@H](C)CC(OC)[C@H]2O[C@@](O)(C(=O)C(=O)N3CCCC[C@H]3C(=O)O[C@H](/C(C)=C/C3CC[C@@H](O)[C@H](OC)C3)[C@H](C)/C=C/C1(O)CC(=O)OC)[C@H](C)C[C@@H]2OC. The number of Topliss-reactive ketones (excluding diaryl/α,β-unsaturated/α-hetero) is 1. The number of nitrogens with zero attached hydrogens (tertiary/aromatic N) is 1. The first-order chi connectivity index (χ1) is 28.4. The number of cyclic esters (lactones) is 1. The number of methoxy groups -OCH3 is 4. The molecule has 0 aromatic heterocycles. The maximum atomic E-state index is 14.4. The largest absolute Gasteiger partial charge is 0.469 e. The summed E-state index contributed by atoms with van der Waals surface area (Å²) in [6.07, 6.45) is 8.06. The lowest BCUT2D eigenvalue weighted by atomic mass is 9.79. The molecule has 1 aliphatic carbocycles. The molecule has 0 aromatic rings. The van der Waals surface area contributed by atoms with Crippen LogP contribution in [-0.4, -0.2) is 133 Å². The molecule has 1 saturated carbocycles. The van der Waals surface area contributed by atoms with Gasteiger partial charge in [-0.15, -0.1) is 0 Å². The molecule has 3 N–H and O–H groups in total. The van der Waals surface area contributed by atoms with Crippen molar-refractivity contribution in [3.05, 3.63) is 35.5 Å². The second kappa shape index (κ2) is 21.9. The zero-order chi connectivity index (χ0) is 44.5. The number of hydrogen-bond acceptors (Lipinski definition) is 13. The molecule has 3 aliphatic heterocycles. The van der Waals surface area contributed by atoms with Crippen molar-refractivity contribution in [1.29, 1.82) is 0 Å². The fourth-order valence-corrected chi connectivity index (χ4v) is 9.86. The topological polar surface area (TPSA) is 188 Å². The fraction of sp³-hybridized carbons (Fsp3) is 0.783. The van der Waals surface area contributed by atoms with Gasteiger partial charge in [0, 0.05) is 45.6 Å². The van der Waals surface area contributed by atoms with E-state index in [0.717, 1.165) is 11.1 Å². The molecule has 0 aromatic carbocycles. The van der Waals surface area contributed by atoms with Crippen molar-refractivity contribution in [2.45, 2.75) is 166 Å². The summed E-state index contributed by atoms with van der Waals surface area (Å²) in [5.74, 6) is -7.86. The van der Waals surface area contributed by atoms with Crippen LogP contribution in [0.25, 0.3) is 0 Å². The zero-order valence-electron chi connectivity index (χ0n) is 37.6. The van der Waals surface area contributed by atoms with E-state index in [1.165, 1.54) is 26.2 Å². The van der Waals surface area contributed by atoms with Crippen molar-refractivity contribution in [3.63, 3.8) is 0 Å². The minimum Gasteiger partial charge on any atom is -0.469 e. The van der Waals surface area contributed by atoms with E-state index in [0.29, 0.717) is 51.4 Å². The quantitative estimate of drug-likeness (QED) is 0.168. The summed E-state index contributed by atoms with van der Waals surface area (Å²) in [6.45, 7) is 11.4. The first-order valence-electron chi connectivity index (χ1n) is 21.9. The number of aliphatic hydroxyl groups excluding tert-OH is 1. The number of fused-ring (bicyclic) bond motifs is 3. The molecule has 14 nitrogen and oxygen atoms in total. The van der Waals surface area contributed by atoms with E-state index >= 15 is 0 Å². The van der Waals surface area contributed by atoms with Crippen molar-refractivity contribution >= 4 is 23.6 Å². The number of rotatable bonds is 8. The Hall–Kier alpha value is -2.98. The van der Waals surface area contributed by atoms with Crippen molar-refractivity contribution in [3.8, 4) is 0 Å². The molecule has 14 heteroatoms. The molecule has 3 fully saturated rings. The summed E-state index contributed by atoms with van der Waals surface area (Å²) in [5.41, 5.74) is 0.0211. The van der Waals surface area contributed by atoms with Crippen molar-refractivity contribution in [2.75, 3.05) is 35.0 Å². The average molecular weight is 848 g/mol. The molecular weight excluding hydrogens is 774 g/mol. The monoisotopic (exact) mass is 848 g/mol. The molecule has 0 radical (unpaired) electrons. The van der Waals surface area contributed by atoms with Gasteiger partial charge in [-0.05, 0) is 95.5 Å². The number of ether oxygens (including phenoxy) is 6. The summed E-state index contributed by atoms with van der Waals surface area (Å²) < 4.78 is 35.0. The number of ketones is 1. The van der Waals surface area contributed by atoms with E-state index in [1.807, 2.05) is 46.8 Å². The Balaban J connectivity index is 1.85. The maximum absolute atomic E-state index is 14.4. The van der Waals surface area contributed by atoms with Crippen LogP contribution in [0, 0.1) is 29.6 Å². The summed E-state index contributed by atoms with van der Waals surface area (Å²) in [6, 6.07) is -1.12. The highest BCUT2D eigenvalue weighted by Crippen LogP contribution is 2.40. The predicted molar refractivity (Wildman–Crippen MR) is 223 cm³/mol. The average Bonchev–Trinajstić information content (AvgIpc) is 3.23. The molecule has 0 spiro atoms. The van der Waals surface area contributed by atoms with Gasteiger partial charge in [0.25, 0.3) is 11.7 Å². The number of allylic oxidation sites excluding steroid dienone is 2. The molecule has 2 saturated heterocycles. The van der Waals surface area contributed by atoms with Crippen LogP contribution >= 0.6 is 0 Å². The van der Waals surface area contributed by atoms with E-state index in [4.69, 9.17) is 28.4 Å². The molecule has 60 heavy (non-hydrogen) atoms. The number of piperidine rings is 1. The van der Waals surface area contributed by atoms with Gasteiger partial charge in [-0.25, -0.2) is 4.79 Å². The van der Waals surface area contributed by atoms with Gasteiger partial charge in [0.2, 0.25) is 5.79 Å². The highest BCUT2D eigenvalue weighted by atomic mass is 16.7. The second-order valence-corrected chi connectivity index (χ2v) is 18.0. The van der Waals surface area contributed by atoms with Crippen LogP contribution in [0.1, 0.15) is 112 Å². The molecular formula is C46H73NO13. The van der Waals surface area contributed by atoms with E-state index in [1.54, 1.807) is 26.2 Å². The highest BCUT2D eigenvalue weighted by molar-refractivity contribution is 6.39. The Morgan fingerprint density at radius 3 is 2.25 bits per heavy atom. The molecule has 2 bridgehead atoms. The smallest absolute Gasteiger partial charge is 0.329 e. The lowest BCUT2D eigenvalue weighted by Gasteiger charge is -2.47. The molecule has 14 atom stereocenters. The Kier molecular flexibility index (Phi) is 18.1. The van der Waals surface area contributed by atoms with Crippen molar-refractivity contribution in [2.24, 2.45) is 29.6 Å². The van der Waals surface area contributed by atoms with Crippen molar-refractivity contribution < 1.29 is 62.9 Å². The summed E-state index contributed by atoms with van der Waals surface area (Å²) in [7, 11) is 5.91. The number of carbonyl (C=O) groups excluding carboxylic acids is 4. The minimum atomic E-state index is -2.51. The Bertz CT molecular complexity index is 1580. The van der Waals surface area contributed by atoms with Gasteiger partial charge in [0.1, 0.15) is 18.2 Å². The van der Waals surface area contributed by atoms with Crippen LogP contribution < -0.4 is 0 Å². The van der Waals surface area contributed by atoms with E-state index in [2.05, 4.69) is 0 Å². The molecule has 340 valence electrons. The standard InChI is InChI=1S/C46H73NO13/c1-11-33-21-27(2)20-28(3)22-37(56-8)41-38(57-9)24-31(6)46(54,60-41)42(50)43(51)47-19-13-12-14-34(47)44(52)59-40(29(4)17-18-45(33,53)26-39(49)58-10)30(5)23-32-15-16-35(48)36(25-32)55-7/h17-18,21,23,28-29,31-38,40-41,48,53-54H,11-16,19-20,22,24-26H2,1-10H3/b18-17+,27-21+,30-23+/t28-,29+,31+,32?,33+,34-,35+,36+,37?,38-,40-,41+,45?,46+/m0/s1. The zero-order valence-corrected chi connectivity index (χ0v) is 37.6. The van der Waals surface area contributed by atoms with Crippen molar-refractivity contribution in [1.82, 2.24) is 4.90 Å². The summed E-state index contributed by atoms with van der Waals surface area (Å²) in [4.78, 5) is 57.1. The normalized spacial score (nSPS) is 41.0. The Morgan fingerprint density at radius 1 is 0.950 bits per heavy atom. The van der Waals surface area contributed by atoms with Gasteiger partial charge in [-0.1, -0.05) is 57.6 Å². The molecule has 3 heterocycles. The lowest BCUT2D eigenvalue weighted by Crippen LogP contribution is -2.64. The third-order valence-corrected chi connectivity index (χ3v) is 13.4. The first kappa shape index (κ1) is 49.7. The van der Waals surface area contributed by atoms with E-state index < -0.39 is 89.3 Å². The fourth-order valence-electron chi connectivity index (χ4n) is 9.86. The molecule has 1 amide bonds. The van der Waals surface area contributed by atoms with Crippen LogP contribution in [0.15, 0.2) is 35.5 Å². The van der Waals surface area contributed by atoms with Gasteiger partial charge in [-0.2, -0.15) is 0 Å². The molecule has 4 rings (SSSR count). The predicted octanol–water partition coefficient (Wildman–Crippen LogP) is 5.00. The lowest BCUT2D eigenvalue weighted by molar-refractivity contribution is -0.302. The number of amides is 1. The maximum Gasteiger partial charge on any atom is 0.329 e. The van der Waals surface area contributed by atoms with Gasteiger partial charge < -0.3 is 48.6 Å². The first-order valence-corrected chi connectivity index (χ1v) is 21.9. The number of aliphatic hydroxyl groups is 3. The van der Waals surface area contributed by atoms with E-state index in [9.17, 15) is 34.5 Å². The molecule has 3 unspecified atom stereocenters. The third kappa shape index (κ3) is 11.7. The highest BCUT2D eigenvalue weighted by Gasteiger charge is 2.56. The van der Waals surface area contributed by atoms with Gasteiger partial charge in [0.15, 0.2) is 0 Å². The Labute approximate surface area is 357 Å². The molecule has 4 aliphatic rings. The van der Waals surface area contributed by atoms with Crippen LogP contribution in [0.2, 0.25) is 0 Å². The number of carbonyl (C=O) groups is 4. The Morgan fingerprint density at radius 2 is 1.62 bits per heavy atom. The third-order valence-electron chi connectivity index (χ3n) is 13.4. The van der Waals surface area contributed by atoms with E-state index in [-0.39, 0.29) is 43.7 Å². The van der Waals surface area contributed by atoms with Crippen LogP contribution in [-0.2, 0) is 47.6 Å². The van der Waals surface area contributed by atoms with Gasteiger partial charge in [-0.3, -0.25) is 14.4 Å². The van der Waals surface area contributed by atoms with Crippen LogP contribution in [0.3, 0.4) is 0 Å².